The van der Waals surface area contributed by atoms with Crippen LogP contribution in [0.1, 0.15) is 5.56 Å². The third-order valence-electron chi connectivity index (χ3n) is 3.91. The highest BCUT2D eigenvalue weighted by atomic mass is 127. The van der Waals surface area contributed by atoms with E-state index in [2.05, 4.69) is 5.32 Å². The zero-order valence-electron chi connectivity index (χ0n) is 15.7. The molecular formula is C20H16IN3O6. The molecule has 3 N–H and O–H groups in total. The average Bonchev–Trinajstić information content (AvgIpc) is 2.70. The van der Waals surface area contributed by atoms with Crippen LogP contribution < -0.4 is 25.4 Å². The fraction of sp³-hybridized carbons (Fsp3) is 0.100. The lowest BCUT2D eigenvalue weighted by molar-refractivity contribution is -0.124. The lowest BCUT2D eigenvalue weighted by Gasteiger charge is -2.16. The second-order valence-corrected chi connectivity index (χ2v) is 7.19. The summed E-state index contributed by atoms with van der Waals surface area (Å²) in [6, 6.07) is 11.3. The number of ether oxygens (including phenoxy) is 2. The van der Waals surface area contributed by atoms with Gasteiger partial charge in [-0.3, -0.25) is 25.0 Å². The van der Waals surface area contributed by atoms with Crippen molar-refractivity contribution >= 4 is 58.1 Å². The Labute approximate surface area is 184 Å². The van der Waals surface area contributed by atoms with E-state index >= 15 is 0 Å². The number of methoxy groups -OCH3 is 1. The van der Waals surface area contributed by atoms with Gasteiger partial charge in [0.05, 0.1) is 10.7 Å². The SMILES string of the molecule is COc1cc(C=C2C(=O)NC(=O)NC2=O)cc(I)c1OCC(=O)Nc1ccccc1. The van der Waals surface area contributed by atoms with Crippen LogP contribution in [0.5, 0.6) is 11.5 Å². The lowest BCUT2D eigenvalue weighted by atomic mass is 10.1. The number of barbiturate groups is 1. The molecule has 2 aromatic rings. The number of para-hydroxylation sites is 1. The number of urea groups is 1. The minimum Gasteiger partial charge on any atom is -0.493 e. The van der Waals surface area contributed by atoms with Crippen molar-refractivity contribution in [1.29, 1.82) is 0 Å². The summed E-state index contributed by atoms with van der Waals surface area (Å²) >= 11 is 1.99. The molecule has 1 aliphatic heterocycles. The van der Waals surface area contributed by atoms with Gasteiger partial charge >= 0.3 is 6.03 Å². The lowest BCUT2D eigenvalue weighted by Crippen LogP contribution is -2.51. The van der Waals surface area contributed by atoms with Crippen LogP contribution in [0.3, 0.4) is 0 Å². The van der Waals surface area contributed by atoms with Crippen LogP contribution >= 0.6 is 22.6 Å². The summed E-state index contributed by atoms with van der Waals surface area (Å²) in [5, 5.41) is 6.73. The summed E-state index contributed by atoms with van der Waals surface area (Å²) < 4.78 is 11.6. The van der Waals surface area contributed by atoms with Gasteiger partial charge in [-0.05, 0) is 58.5 Å². The van der Waals surface area contributed by atoms with Crippen LogP contribution in [-0.4, -0.2) is 37.5 Å². The van der Waals surface area contributed by atoms with Crippen LogP contribution in [0.15, 0.2) is 48.0 Å². The van der Waals surface area contributed by atoms with Crippen LogP contribution in [0.4, 0.5) is 10.5 Å². The van der Waals surface area contributed by atoms with Crippen molar-refractivity contribution in [2.45, 2.75) is 0 Å². The van der Waals surface area contributed by atoms with E-state index in [9.17, 15) is 19.2 Å². The molecule has 1 heterocycles. The van der Waals surface area contributed by atoms with E-state index in [1.54, 1.807) is 36.4 Å². The summed E-state index contributed by atoms with van der Waals surface area (Å²) in [6.07, 6.45) is 1.33. The van der Waals surface area contributed by atoms with Gasteiger partial charge in [0.25, 0.3) is 17.7 Å². The van der Waals surface area contributed by atoms with Crippen molar-refractivity contribution in [1.82, 2.24) is 10.6 Å². The number of halogens is 1. The van der Waals surface area contributed by atoms with E-state index in [1.165, 1.54) is 13.2 Å². The molecule has 0 unspecified atom stereocenters. The molecule has 1 saturated heterocycles. The number of imide groups is 2. The first kappa shape index (κ1) is 21.3. The highest BCUT2D eigenvalue weighted by Crippen LogP contribution is 2.34. The van der Waals surface area contributed by atoms with Crippen molar-refractivity contribution in [2.75, 3.05) is 19.0 Å². The molecule has 0 spiro atoms. The summed E-state index contributed by atoms with van der Waals surface area (Å²) in [7, 11) is 1.43. The van der Waals surface area contributed by atoms with Gasteiger partial charge in [-0.15, -0.1) is 0 Å². The Hall–Kier alpha value is -3.41. The number of rotatable bonds is 6. The van der Waals surface area contributed by atoms with Gasteiger partial charge in [-0.25, -0.2) is 4.79 Å². The fourth-order valence-electron chi connectivity index (χ4n) is 2.59. The van der Waals surface area contributed by atoms with E-state index in [-0.39, 0.29) is 18.1 Å². The number of carbonyl (C=O) groups excluding carboxylic acids is 4. The van der Waals surface area contributed by atoms with Gasteiger partial charge < -0.3 is 14.8 Å². The normalized spacial score (nSPS) is 13.3. The molecule has 154 valence electrons. The van der Waals surface area contributed by atoms with Crippen LogP contribution in [0, 0.1) is 3.57 Å². The predicted octanol–water partition coefficient (Wildman–Crippen LogP) is 2.07. The zero-order valence-corrected chi connectivity index (χ0v) is 17.8. The Kier molecular flexibility index (Phi) is 6.67. The van der Waals surface area contributed by atoms with E-state index in [4.69, 9.17) is 9.47 Å². The zero-order chi connectivity index (χ0) is 21.7. The highest BCUT2D eigenvalue weighted by Gasteiger charge is 2.28. The van der Waals surface area contributed by atoms with Crippen LogP contribution in [0.2, 0.25) is 0 Å². The molecule has 1 aliphatic rings. The van der Waals surface area contributed by atoms with Gasteiger partial charge in [-0.2, -0.15) is 0 Å². The molecule has 0 aromatic heterocycles. The predicted molar refractivity (Wildman–Crippen MR) is 116 cm³/mol. The smallest absolute Gasteiger partial charge is 0.328 e. The second-order valence-electron chi connectivity index (χ2n) is 6.03. The number of anilines is 1. The van der Waals surface area contributed by atoms with Crippen LogP contribution in [-0.2, 0) is 14.4 Å². The van der Waals surface area contributed by atoms with Crippen molar-refractivity contribution in [3.8, 4) is 11.5 Å². The van der Waals surface area contributed by atoms with Gasteiger partial charge in [0, 0.05) is 5.69 Å². The molecule has 0 aliphatic carbocycles. The molecule has 9 nitrogen and oxygen atoms in total. The Balaban J connectivity index is 1.76. The van der Waals surface area contributed by atoms with Gasteiger partial charge in [-0.1, -0.05) is 18.2 Å². The Morgan fingerprint density at radius 3 is 2.40 bits per heavy atom. The number of hydrogen-bond donors (Lipinski definition) is 3. The molecule has 10 heteroatoms. The minimum atomic E-state index is -0.869. The number of nitrogens with one attached hydrogen (secondary N) is 3. The third-order valence-corrected chi connectivity index (χ3v) is 4.71. The monoisotopic (exact) mass is 521 g/mol. The van der Waals surface area contributed by atoms with Gasteiger partial charge in [0.2, 0.25) is 0 Å². The van der Waals surface area contributed by atoms with Crippen molar-refractivity contribution in [2.24, 2.45) is 0 Å². The summed E-state index contributed by atoms with van der Waals surface area (Å²) in [5.41, 5.74) is 0.910. The third kappa shape index (κ3) is 5.14. The van der Waals surface area contributed by atoms with E-state index in [0.717, 1.165) is 0 Å². The number of carbonyl (C=O) groups is 4. The molecule has 30 heavy (non-hydrogen) atoms. The molecule has 3 rings (SSSR count). The molecule has 0 radical (unpaired) electrons. The summed E-state index contributed by atoms with van der Waals surface area (Å²) in [6.45, 7) is -0.241. The minimum absolute atomic E-state index is 0.219. The first-order valence-corrected chi connectivity index (χ1v) is 9.69. The van der Waals surface area contributed by atoms with E-state index in [0.29, 0.717) is 26.3 Å². The largest absolute Gasteiger partial charge is 0.493 e. The highest BCUT2D eigenvalue weighted by molar-refractivity contribution is 14.1. The quantitative estimate of drug-likeness (QED) is 0.304. The molecule has 2 aromatic carbocycles. The number of hydrogen-bond acceptors (Lipinski definition) is 6. The molecule has 0 saturated carbocycles. The van der Waals surface area contributed by atoms with Crippen molar-refractivity contribution < 1.29 is 28.7 Å². The molecule has 0 bridgehead atoms. The molecular weight excluding hydrogens is 505 g/mol. The maximum Gasteiger partial charge on any atom is 0.328 e. The van der Waals surface area contributed by atoms with Crippen LogP contribution in [0.25, 0.3) is 6.08 Å². The fourth-order valence-corrected chi connectivity index (χ4v) is 3.37. The Morgan fingerprint density at radius 1 is 1.10 bits per heavy atom. The van der Waals surface area contributed by atoms with E-state index in [1.807, 2.05) is 39.3 Å². The number of benzene rings is 2. The maximum absolute atomic E-state index is 12.1. The number of amides is 5. The standard InChI is InChI=1S/C20H16IN3O6/c1-29-15-9-11(7-13-18(26)23-20(28)24-19(13)27)8-14(21)17(15)30-10-16(25)22-12-5-3-2-4-6-12/h2-9H,10H2,1H3,(H,22,25)(H2,23,24,26,27,28). The van der Waals surface area contributed by atoms with Crippen molar-refractivity contribution in [3.05, 3.63) is 57.2 Å². The average molecular weight is 521 g/mol. The molecule has 1 fully saturated rings. The first-order chi connectivity index (χ1) is 14.4. The molecule has 5 amide bonds. The van der Waals surface area contributed by atoms with Gasteiger partial charge in [0.15, 0.2) is 18.1 Å². The summed E-state index contributed by atoms with van der Waals surface area (Å²) in [5.74, 6) is -1.28. The Morgan fingerprint density at radius 2 is 1.77 bits per heavy atom. The van der Waals surface area contributed by atoms with Crippen molar-refractivity contribution in [3.63, 3.8) is 0 Å². The van der Waals surface area contributed by atoms with E-state index < -0.39 is 17.8 Å². The molecule has 0 atom stereocenters. The maximum atomic E-state index is 12.1. The van der Waals surface area contributed by atoms with Gasteiger partial charge in [0.1, 0.15) is 5.57 Å². The topological polar surface area (TPSA) is 123 Å². The summed E-state index contributed by atoms with van der Waals surface area (Å²) in [4.78, 5) is 47.1. The first-order valence-electron chi connectivity index (χ1n) is 8.61. The second kappa shape index (κ2) is 9.39. The Bertz CT molecular complexity index is 1030.